The molecule has 1 aliphatic heterocycles. The van der Waals surface area contributed by atoms with E-state index in [1.165, 1.54) is 0 Å². The second kappa shape index (κ2) is 7.97. The highest BCUT2D eigenvalue weighted by molar-refractivity contribution is 5.85. The largest absolute Gasteiger partial charge is 0.337 e. The van der Waals surface area contributed by atoms with Gasteiger partial charge < -0.3 is 10.2 Å². The van der Waals surface area contributed by atoms with Crippen molar-refractivity contribution < 1.29 is 4.79 Å². The predicted molar refractivity (Wildman–Crippen MR) is 78.3 cm³/mol. The highest BCUT2D eigenvalue weighted by Crippen LogP contribution is 2.09. The topological polar surface area (TPSA) is 35.6 Å². The number of rotatable bonds is 4. The van der Waals surface area contributed by atoms with Gasteiger partial charge in [-0.2, -0.15) is 0 Å². The van der Waals surface area contributed by atoms with Gasteiger partial charge in [0.25, 0.3) is 0 Å². The standard InChI is InChI=1S/C13H27N3O.ClH/c1-10(2)16(11(3)4)13(17)9-15-7-6-14-8-12(15)5;/h10-12,14H,6-9H2,1-5H3;1H/t12-;/m1./s1. The number of amides is 1. The maximum absolute atomic E-state index is 12.3. The fraction of sp³-hybridized carbons (Fsp3) is 0.923. The van der Waals surface area contributed by atoms with Crippen LogP contribution < -0.4 is 5.32 Å². The van der Waals surface area contributed by atoms with E-state index in [4.69, 9.17) is 0 Å². The summed E-state index contributed by atoms with van der Waals surface area (Å²) >= 11 is 0. The number of piperazine rings is 1. The first-order chi connectivity index (χ1) is 7.93. The van der Waals surface area contributed by atoms with Gasteiger partial charge in [0, 0.05) is 37.8 Å². The van der Waals surface area contributed by atoms with Crippen molar-refractivity contribution in [1.29, 1.82) is 0 Å². The van der Waals surface area contributed by atoms with E-state index in [-0.39, 0.29) is 30.4 Å². The fourth-order valence-corrected chi connectivity index (χ4v) is 2.55. The normalized spacial score (nSPS) is 20.9. The highest BCUT2D eigenvalue weighted by atomic mass is 35.5. The van der Waals surface area contributed by atoms with Gasteiger partial charge >= 0.3 is 0 Å². The molecule has 1 atom stereocenters. The van der Waals surface area contributed by atoms with E-state index in [1.807, 2.05) is 4.90 Å². The number of nitrogens with zero attached hydrogens (tertiary/aromatic N) is 2. The molecule has 0 bridgehead atoms. The lowest BCUT2D eigenvalue weighted by Crippen LogP contribution is -2.54. The molecule has 1 N–H and O–H groups in total. The molecule has 1 rings (SSSR count). The number of hydrogen-bond acceptors (Lipinski definition) is 3. The summed E-state index contributed by atoms with van der Waals surface area (Å²) in [7, 11) is 0. The van der Waals surface area contributed by atoms with Crippen molar-refractivity contribution >= 4 is 18.3 Å². The van der Waals surface area contributed by atoms with Crippen LogP contribution in [0.15, 0.2) is 0 Å². The van der Waals surface area contributed by atoms with Gasteiger partial charge in [-0.15, -0.1) is 12.4 Å². The maximum atomic E-state index is 12.3. The van der Waals surface area contributed by atoms with Crippen LogP contribution >= 0.6 is 12.4 Å². The zero-order valence-electron chi connectivity index (χ0n) is 12.3. The monoisotopic (exact) mass is 277 g/mol. The molecule has 0 aromatic rings. The van der Waals surface area contributed by atoms with E-state index in [1.54, 1.807) is 0 Å². The number of carbonyl (C=O) groups is 1. The van der Waals surface area contributed by atoms with Gasteiger partial charge in [0.05, 0.1) is 6.54 Å². The Kier molecular flexibility index (Phi) is 7.83. The summed E-state index contributed by atoms with van der Waals surface area (Å²) in [6, 6.07) is 1.01. The Bertz CT molecular complexity index is 251. The van der Waals surface area contributed by atoms with Crippen molar-refractivity contribution in [2.75, 3.05) is 26.2 Å². The summed E-state index contributed by atoms with van der Waals surface area (Å²) < 4.78 is 0. The summed E-state index contributed by atoms with van der Waals surface area (Å²) in [4.78, 5) is 16.6. The molecule has 0 aliphatic carbocycles. The summed E-state index contributed by atoms with van der Waals surface area (Å²) in [5.74, 6) is 0.253. The van der Waals surface area contributed by atoms with Crippen molar-refractivity contribution in [3.05, 3.63) is 0 Å². The molecule has 0 saturated carbocycles. The van der Waals surface area contributed by atoms with Crippen molar-refractivity contribution in [2.24, 2.45) is 0 Å². The third-order valence-electron chi connectivity index (χ3n) is 3.38. The van der Waals surface area contributed by atoms with E-state index in [0.29, 0.717) is 12.6 Å². The molecule has 1 aliphatic rings. The van der Waals surface area contributed by atoms with Crippen LogP contribution in [0.3, 0.4) is 0 Å². The summed E-state index contributed by atoms with van der Waals surface area (Å²) in [6.45, 7) is 14.0. The molecular formula is C13H28ClN3O. The van der Waals surface area contributed by atoms with Crippen LogP contribution in [-0.4, -0.2) is 60.0 Å². The van der Waals surface area contributed by atoms with Crippen LogP contribution in [0.4, 0.5) is 0 Å². The van der Waals surface area contributed by atoms with Crippen LogP contribution in [0, 0.1) is 0 Å². The molecule has 0 radical (unpaired) electrons. The third kappa shape index (κ3) is 4.75. The van der Waals surface area contributed by atoms with Crippen molar-refractivity contribution in [3.63, 3.8) is 0 Å². The van der Waals surface area contributed by atoms with Crippen molar-refractivity contribution in [1.82, 2.24) is 15.1 Å². The SMILES string of the molecule is CC(C)N(C(=O)CN1CCNC[C@H]1C)C(C)C.Cl. The molecule has 18 heavy (non-hydrogen) atoms. The Morgan fingerprint density at radius 1 is 1.33 bits per heavy atom. The lowest BCUT2D eigenvalue weighted by molar-refractivity contribution is -0.136. The smallest absolute Gasteiger partial charge is 0.237 e. The Morgan fingerprint density at radius 3 is 2.33 bits per heavy atom. The molecular weight excluding hydrogens is 250 g/mol. The number of carbonyl (C=O) groups excluding carboxylic acids is 1. The van der Waals surface area contributed by atoms with Gasteiger partial charge in [-0.05, 0) is 34.6 Å². The minimum Gasteiger partial charge on any atom is -0.337 e. The molecule has 0 unspecified atom stereocenters. The molecule has 1 amide bonds. The molecule has 0 spiro atoms. The van der Waals surface area contributed by atoms with Gasteiger partial charge in [0.2, 0.25) is 5.91 Å². The predicted octanol–water partition coefficient (Wildman–Crippen LogP) is 1.35. The van der Waals surface area contributed by atoms with Crippen molar-refractivity contribution in [3.8, 4) is 0 Å². The molecule has 4 nitrogen and oxygen atoms in total. The second-order valence-corrected chi connectivity index (χ2v) is 5.51. The van der Waals surface area contributed by atoms with Gasteiger partial charge in [-0.1, -0.05) is 0 Å². The zero-order chi connectivity index (χ0) is 13.0. The Balaban J connectivity index is 0.00000289. The lowest BCUT2D eigenvalue weighted by Gasteiger charge is -2.37. The van der Waals surface area contributed by atoms with Gasteiger partial charge in [0.1, 0.15) is 0 Å². The second-order valence-electron chi connectivity index (χ2n) is 5.51. The van der Waals surface area contributed by atoms with Crippen molar-refractivity contribution in [2.45, 2.75) is 52.7 Å². The first-order valence-electron chi connectivity index (χ1n) is 6.69. The van der Waals surface area contributed by atoms with Crippen LogP contribution in [0.5, 0.6) is 0 Å². The molecule has 1 heterocycles. The Hall–Kier alpha value is -0.320. The van der Waals surface area contributed by atoms with Crippen LogP contribution in [0.25, 0.3) is 0 Å². The number of nitrogens with one attached hydrogen (secondary N) is 1. The molecule has 108 valence electrons. The van der Waals surface area contributed by atoms with Crippen LogP contribution in [-0.2, 0) is 4.79 Å². The van der Waals surface area contributed by atoms with E-state index >= 15 is 0 Å². The minimum atomic E-state index is 0. The van der Waals surface area contributed by atoms with E-state index < -0.39 is 0 Å². The summed E-state index contributed by atoms with van der Waals surface area (Å²) in [5.41, 5.74) is 0. The van der Waals surface area contributed by atoms with E-state index in [2.05, 4.69) is 44.8 Å². The third-order valence-corrected chi connectivity index (χ3v) is 3.38. The molecule has 5 heteroatoms. The first kappa shape index (κ1) is 17.7. The quantitative estimate of drug-likeness (QED) is 0.843. The van der Waals surface area contributed by atoms with Crippen LogP contribution in [0.1, 0.15) is 34.6 Å². The Morgan fingerprint density at radius 2 is 1.89 bits per heavy atom. The summed E-state index contributed by atoms with van der Waals surface area (Å²) in [5, 5.41) is 3.35. The molecule has 0 aromatic carbocycles. The van der Waals surface area contributed by atoms with Gasteiger partial charge in [0.15, 0.2) is 0 Å². The average molecular weight is 278 g/mol. The zero-order valence-corrected chi connectivity index (χ0v) is 13.1. The average Bonchev–Trinajstić information content (AvgIpc) is 2.20. The molecule has 1 saturated heterocycles. The Labute approximate surface area is 117 Å². The summed E-state index contributed by atoms with van der Waals surface area (Å²) in [6.07, 6.45) is 0. The molecule has 0 aromatic heterocycles. The van der Waals surface area contributed by atoms with E-state index in [9.17, 15) is 4.79 Å². The minimum absolute atomic E-state index is 0. The number of hydrogen-bond donors (Lipinski definition) is 1. The van der Waals surface area contributed by atoms with Gasteiger partial charge in [-0.3, -0.25) is 9.69 Å². The lowest BCUT2D eigenvalue weighted by atomic mass is 10.2. The number of halogens is 1. The van der Waals surface area contributed by atoms with Crippen LogP contribution in [0.2, 0.25) is 0 Å². The molecule has 1 fully saturated rings. The maximum Gasteiger partial charge on any atom is 0.237 e. The van der Waals surface area contributed by atoms with E-state index in [0.717, 1.165) is 19.6 Å². The first-order valence-corrected chi connectivity index (χ1v) is 6.69. The van der Waals surface area contributed by atoms with Gasteiger partial charge in [-0.25, -0.2) is 0 Å². The highest BCUT2D eigenvalue weighted by Gasteiger charge is 2.25. The fourth-order valence-electron chi connectivity index (χ4n) is 2.55.